The zero-order valence-corrected chi connectivity index (χ0v) is 11.2. The Kier molecular flexibility index (Phi) is 5.87. The van der Waals surface area contributed by atoms with Crippen LogP contribution in [0.1, 0.15) is 12.5 Å². The van der Waals surface area contributed by atoms with Gasteiger partial charge in [-0.05, 0) is 37.7 Å². The topological polar surface area (TPSA) is 30.5 Å². The maximum atomic E-state index is 5.69. The largest absolute Gasteiger partial charge is 0.497 e. The monoisotopic (exact) mass is 255 g/mol. The first-order valence-electron chi connectivity index (χ1n) is 5.41. The summed E-state index contributed by atoms with van der Waals surface area (Å²) in [7, 11) is 3.55. The van der Waals surface area contributed by atoms with Gasteiger partial charge in [0.15, 0.2) is 0 Å². The van der Waals surface area contributed by atoms with Gasteiger partial charge in [0.25, 0.3) is 0 Å². The van der Waals surface area contributed by atoms with Gasteiger partial charge in [-0.2, -0.15) is 0 Å². The third kappa shape index (κ3) is 4.29. The zero-order chi connectivity index (χ0) is 12.7. The van der Waals surface area contributed by atoms with Gasteiger partial charge in [0.2, 0.25) is 0 Å². The van der Waals surface area contributed by atoms with E-state index >= 15 is 0 Å². The Hall–Kier alpha value is -1.19. The summed E-state index contributed by atoms with van der Waals surface area (Å²) in [6.45, 7) is 3.15. The number of ether oxygens (including phenoxy) is 2. The smallest absolute Gasteiger partial charge is 0.124 e. The number of rotatable bonds is 6. The number of hydrogen-bond acceptors (Lipinski definition) is 3. The van der Waals surface area contributed by atoms with Gasteiger partial charge in [0.05, 0.1) is 7.11 Å². The van der Waals surface area contributed by atoms with Gasteiger partial charge in [-0.3, -0.25) is 0 Å². The van der Waals surface area contributed by atoms with E-state index in [4.69, 9.17) is 21.1 Å². The van der Waals surface area contributed by atoms with Crippen molar-refractivity contribution in [3.8, 4) is 11.5 Å². The molecule has 17 heavy (non-hydrogen) atoms. The molecular weight excluding hydrogens is 238 g/mol. The quantitative estimate of drug-likeness (QED) is 0.848. The van der Waals surface area contributed by atoms with Crippen LogP contribution in [0.25, 0.3) is 0 Å². The molecule has 0 aliphatic rings. The fourth-order valence-corrected chi connectivity index (χ4v) is 1.44. The molecule has 94 valence electrons. The van der Waals surface area contributed by atoms with Crippen LogP contribution in [0.3, 0.4) is 0 Å². The van der Waals surface area contributed by atoms with E-state index in [9.17, 15) is 0 Å². The lowest BCUT2D eigenvalue weighted by Gasteiger charge is -2.12. The molecule has 1 N–H and O–H groups in total. The van der Waals surface area contributed by atoms with Crippen molar-refractivity contribution in [3.05, 3.63) is 34.9 Å². The third-order valence-electron chi connectivity index (χ3n) is 2.28. The molecule has 0 spiro atoms. The average Bonchev–Trinajstić information content (AvgIpc) is 2.37. The number of hydrogen-bond donors (Lipinski definition) is 1. The van der Waals surface area contributed by atoms with Gasteiger partial charge in [-0.1, -0.05) is 11.6 Å². The molecule has 0 heterocycles. The molecular formula is C13H18ClNO2. The zero-order valence-electron chi connectivity index (χ0n) is 10.4. The summed E-state index contributed by atoms with van der Waals surface area (Å²) in [6.07, 6.45) is 0. The maximum Gasteiger partial charge on any atom is 0.124 e. The fraction of sp³-hybridized carbons (Fsp3) is 0.385. The van der Waals surface area contributed by atoms with Gasteiger partial charge in [-0.25, -0.2) is 0 Å². The van der Waals surface area contributed by atoms with Gasteiger partial charge in [0.1, 0.15) is 18.1 Å². The van der Waals surface area contributed by atoms with E-state index in [0.29, 0.717) is 6.61 Å². The van der Waals surface area contributed by atoms with Crippen LogP contribution in [0.2, 0.25) is 0 Å². The second kappa shape index (κ2) is 7.20. The van der Waals surface area contributed by atoms with E-state index in [1.54, 1.807) is 7.11 Å². The van der Waals surface area contributed by atoms with Gasteiger partial charge >= 0.3 is 0 Å². The lowest BCUT2D eigenvalue weighted by molar-refractivity contribution is 0.346. The second-order valence-electron chi connectivity index (χ2n) is 3.75. The predicted octanol–water partition coefficient (Wildman–Crippen LogP) is 2.94. The van der Waals surface area contributed by atoms with E-state index < -0.39 is 0 Å². The van der Waals surface area contributed by atoms with Crippen LogP contribution >= 0.6 is 11.6 Å². The highest BCUT2D eigenvalue weighted by atomic mass is 35.5. The molecule has 3 nitrogen and oxygen atoms in total. The summed E-state index contributed by atoms with van der Waals surface area (Å²) in [5.41, 5.74) is 3.58. The van der Waals surface area contributed by atoms with Crippen molar-refractivity contribution in [3.63, 3.8) is 0 Å². The highest BCUT2D eigenvalue weighted by molar-refractivity contribution is 6.25. The average molecular weight is 256 g/mol. The lowest BCUT2D eigenvalue weighted by Crippen LogP contribution is -2.08. The van der Waals surface area contributed by atoms with Crippen LogP contribution in [-0.4, -0.2) is 20.8 Å². The van der Waals surface area contributed by atoms with E-state index in [1.165, 1.54) is 5.54 Å². The molecule has 0 aromatic heterocycles. The molecule has 0 amide bonds. The van der Waals surface area contributed by atoms with Crippen LogP contribution < -0.4 is 14.8 Å². The molecule has 4 heteroatoms. The van der Waals surface area contributed by atoms with Gasteiger partial charge in [0, 0.05) is 17.6 Å². The highest BCUT2D eigenvalue weighted by Crippen LogP contribution is 2.24. The number of halogens is 1. The molecule has 1 aromatic carbocycles. The Morgan fingerprint density at radius 2 is 2.24 bits per heavy atom. The second-order valence-corrected chi connectivity index (χ2v) is 3.97. The first-order chi connectivity index (χ1) is 8.21. The Labute approximate surface area is 107 Å². The van der Waals surface area contributed by atoms with Gasteiger partial charge in [-0.15, -0.1) is 0 Å². The molecule has 1 aromatic rings. The minimum absolute atomic E-state index is 0.493. The summed E-state index contributed by atoms with van der Waals surface area (Å²) in [5.74, 6) is 1.67. The fourth-order valence-electron chi connectivity index (χ4n) is 1.38. The van der Waals surface area contributed by atoms with Crippen molar-refractivity contribution >= 4 is 11.6 Å². The minimum atomic E-state index is 0.493. The van der Waals surface area contributed by atoms with Crippen molar-refractivity contribution in [1.29, 1.82) is 0 Å². The summed E-state index contributed by atoms with van der Waals surface area (Å²) < 4.78 is 10.9. The van der Waals surface area contributed by atoms with Crippen molar-refractivity contribution in [2.75, 3.05) is 20.8 Å². The Bertz CT molecular complexity index is 391. The molecule has 0 aliphatic heterocycles. The normalized spacial score (nSPS) is 11.4. The molecule has 0 saturated heterocycles. The van der Waals surface area contributed by atoms with Crippen molar-refractivity contribution < 1.29 is 9.47 Å². The molecule has 1 rings (SSSR count). The molecule has 0 saturated carbocycles. The van der Waals surface area contributed by atoms with E-state index in [1.807, 2.05) is 32.2 Å². The van der Waals surface area contributed by atoms with E-state index in [0.717, 1.165) is 29.2 Å². The molecule has 0 fully saturated rings. The number of nitrogens with one attached hydrogen (secondary N) is 1. The molecule has 0 aliphatic carbocycles. The summed E-state index contributed by atoms with van der Waals surface area (Å²) >= 11 is 5.59. The maximum absolute atomic E-state index is 5.69. The van der Waals surface area contributed by atoms with E-state index in [2.05, 4.69) is 5.32 Å². The van der Waals surface area contributed by atoms with E-state index in [-0.39, 0.29) is 0 Å². The molecule has 0 bridgehead atoms. The molecule has 0 radical (unpaired) electrons. The predicted molar refractivity (Wildman–Crippen MR) is 70.9 cm³/mol. The van der Waals surface area contributed by atoms with Crippen molar-refractivity contribution in [2.24, 2.45) is 0 Å². The Morgan fingerprint density at radius 1 is 1.47 bits per heavy atom. The third-order valence-corrected chi connectivity index (χ3v) is 2.65. The van der Waals surface area contributed by atoms with Crippen LogP contribution in [0, 0.1) is 0 Å². The highest BCUT2D eigenvalue weighted by Gasteiger charge is 2.05. The molecule has 0 unspecified atom stereocenters. The Morgan fingerprint density at radius 3 is 2.82 bits per heavy atom. The Balaban J connectivity index is 2.82. The SMILES string of the molecule is CNCc1cc(OC)ccc1OC/C(C)=C/Cl. The first kappa shape index (κ1) is 13.9. The summed E-state index contributed by atoms with van der Waals surface area (Å²) in [5, 5.41) is 3.10. The summed E-state index contributed by atoms with van der Waals surface area (Å²) in [4.78, 5) is 0. The summed E-state index contributed by atoms with van der Waals surface area (Å²) in [6, 6.07) is 5.76. The first-order valence-corrected chi connectivity index (χ1v) is 5.85. The standard InChI is InChI=1S/C13H18ClNO2/c1-10(7-14)9-17-13-5-4-12(16-3)6-11(13)8-15-2/h4-7,15H,8-9H2,1-3H3/b10-7+. The molecule has 0 atom stereocenters. The minimum Gasteiger partial charge on any atom is -0.497 e. The number of methoxy groups -OCH3 is 1. The van der Waals surface area contributed by atoms with Crippen molar-refractivity contribution in [2.45, 2.75) is 13.5 Å². The van der Waals surface area contributed by atoms with Gasteiger partial charge < -0.3 is 14.8 Å². The number of benzene rings is 1. The van der Waals surface area contributed by atoms with Crippen LogP contribution in [0.15, 0.2) is 29.3 Å². The lowest BCUT2D eigenvalue weighted by atomic mass is 10.2. The van der Waals surface area contributed by atoms with Crippen LogP contribution in [-0.2, 0) is 6.54 Å². The van der Waals surface area contributed by atoms with Crippen LogP contribution in [0.4, 0.5) is 0 Å². The van der Waals surface area contributed by atoms with Crippen molar-refractivity contribution in [1.82, 2.24) is 5.32 Å². The van der Waals surface area contributed by atoms with Crippen LogP contribution in [0.5, 0.6) is 11.5 Å².